The van der Waals surface area contributed by atoms with Gasteiger partial charge < -0.3 is 9.72 Å². The molecule has 2 aromatic rings. The average molecular weight is 247 g/mol. The highest BCUT2D eigenvalue weighted by Gasteiger charge is 2.23. The van der Waals surface area contributed by atoms with Gasteiger partial charge in [-0.15, -0.1) is 11.6 Å². The summed E-state index contributed by atoms with van der Waals surface area (Å²) in [4.78, 5) is 7.04. The summed E-state index contributed by atoms with van der Waals surface area (Å²) < 4.78 is 29.7. The van der Waals surface area contributed by atoms with Gasteiger partial charge in [0, 0.05) is 13.0 Å². The van der Waals surface area contributed by atoms with Crippen LogP contribution in [0.1, 0.15) is 12.7 Å². The normalized spacial score (nSPS) is 12.0. The highest BCUT2D eigenvalue weighted by atomic mass is 35.5. The molecule has 0 fully saturated rings. The van der Waals surface area contributed by atoms with Crippen LogP contribution in [0.3, 0.4) is 0 Å². The van der Waals surface area contributed by atoms with Crippen LogP contribution >= 0.6 is 11.6 Å². The number of halogens is 3. The maximum atomic E-state index is 12.6. The van der Waals surface area contributed by atoms with E-state index >= 15 is 0 Å². The monoisotopic (exact) mass is 246 g/mol. The van der Waals surface area contributed by atoms with Crippen LogP contribution < -0.4 is 4.74 Å². The number of ether oxygens (including phenoxy) is 1. The minimum Gasteiger partial charge on any atom is -0.433 e. The second-order valence-corrected chi connectivity index (χ2v) is 3.67. The summed E-state index contributed by atoms with van der Waals surface area (Å²) >= 11 is 5.60. The van der Waals surface area contributed by atoms with E-state index in [2.05, 4.69) is 14.7 Å². The van der Waals surface area contributed by atoms with E-state index in [1.54, 1.807) is 6.07 Å². The average Bonchev–Trinajstić information content (AvgIpc) is 2.57. The van der Waals surface area contributed by atoms with Gasteiger partial charge in [0.15, 0.2) is 0 Å². The van der Waals surface area contributed by atoms with E-state index in [4.69, 9.17) is 11.6 Å². The molecule has 0 unspecified atom stereocenters. The second-order valence-electron chi connectivity index (χ2n) is 3.41. The molecule has 0 bridgehead atoms. The Morgan fingerprint density at radius 3 is 2.88 bits per heavy atom. The van der Waals surface area contributed by atoms with Crippen LogP contribution in [0, 0.1) is 0 Å². The van der Waals surface area contributed by atoms with Crippen LogP contribution in [0.2, 0.25) is 0 Å². The number of H-pyrrole nitrogens is 1. The van der Waals surface area contributed by atoms with E-state index < -0.39 is 6.11 Å². The van der Waals surface area contributed by atoms with Crippen molar-refractivity contribution in [2.45, 2.75) is 18.9 Å². The molecule has 1 heterocycles. The number of nitrogens with zero attached hydrogens (tertiary/aromatic N) is 1. The summed E-state index contributed by atoms with van der Waals surface area (Å²) in [5, 5.41) is 0. The van der Waals surface area contributed by atoms with E-state index in [1.165, 1.54) is 12.1 Å². The van der Waals surface area contributed by atoms with Gasteiger partial charge in [0.05, 0.1) is 16.9 Å². The van der Waals surface area contributed by atoms with Crippen molar-refractivity contribution in [3.63, 3.8) is 0 Å². The van der Waals surface area contributed by atoms with Gasteiger partial charge in [-0.25, -0.2) is 4.98 Å². The van der Waals surface area contributed by atoms with E-state index in [0.29, 0.717) is 23.8 Å². The Balaban J connectivity index is 2.36. The summed E-state index contributed by atoms with van der Waals surface area (Å²) in [5.74, 6) is 0.927. The number of aromatic nitrogens is 2. The van der Waals surface area contributed by atoms with Crippen LogP contribution in [0.25, 0.3) is 11.0 Å². The summed E-state index contributed by atoms with van der Waals surface area (Å²) in [5.41, 5.74) is 1.29. The van der Waals surface area contributed by atoms with Crippen molar-refractivity contribution in [3.8, 4) is 5.75 Å². The van der Waals surface area contributed by atoms with Crippen molar-refractivity contribution < 1.29 is 13.5 Å². The second kappa shape index (κ2) is 3.90. The van der Waals surface area contributed by atoms with Gasteiger partial charge in [-0.3, -0.25) is 0 Å². The number of hydrogen-bond donors (Lipinski definition) is 1. The number of nitrogens with one attached hydrogen (secondary N) is 1. The molecular weight excluding hydrogens is 238 g/mol. The molecule has 1 aromatic heterocycles. The van der Waals surface area contributed by atoms with Gasteiger partial charge in [0.1, 0.15) is 11.6 Å². The molecule has 0 radical (unpaired) electrons. The molecule has 0 saturated carbocycles. The third-order valence-electron chi connectivity index (χ3n) is 1.93. The zero-order chi connectivity index (χ0) is 11.8. The molecule has 16 heavy (non-hydrogen) atoms. The fraction of sp³-hybridized carbons (Fsp3) is 0.300. The summed E-state index contributed by atoms with van der Waals surface area (Å²) in [7, 11) is 0. The predicted octanol–water partition coefficient (Wildman–Crippen LogP) is 3.29. The quantitative estimate of drug-likeness (QED) is 0.844. The van der Waals surface area contributed by atoms with E-state index in [0.717, 1.165) is 0 Å². The van der Waals surface area contributed by atoms with Crippen LogP contribution in [-0.2, 0) is 5.88 Å². The minimum atomic E-state index is -3.19. The Bertz CT molecular complexity index is 507. The van der Waals surface area contributed by atoms with Gasteiger partial charge >= 0.3 is 6.11 Å². The Hall–Kier alpha value is -1.36. The van der Waals surface area contributed by atoms with Gasteiger partial charge in [-0.2, -0.15) is 8.78 Å². The maximum Gasteiger partial charge on any atom is 0.394 e. The molecule has 0 aliphatic rings. The SMILES string of the molecule is CC(F)(F)Oc1ccc2nc(CCl)[nH]c2c1. The Kier molecular flexibility index (Phi) is 2.71. The Morgan fingerprint density at radius 1 is 1.50 bits per heavy atom. The van der Waals surface area contributed by atoms with Crippen molar-refractivity contribution in [1.29, 1.82) is 0 Å². The third kappa shape index (κ3) is 2.41. The first-order valence-electron chi connectivity index (χ1n) is 4.59. The van der Waals surface area contributed by atoms with Crippen molar-refractivity contribution in [1.82, 2.24) is 9.97 Å². The molecule has 0 saturated heterocycles. The summed E-state index contributed by atoms with van der Waals surface area (Å²) in [6.45, 7) is 0.689. The summed E-state index contributed by atoms with van der Waals surface area (Å²) in [6.07, 6.45) is -3.19. The van der Waals surface area contributed by atoms with Crippen molar-refractivity contribution in [3.05, 3.63) is 24.0 Å². The first-order chi connectivity index (χ1) is 7.48. The molecule has 1 aromatic carbocycles. The Morgan fingerprint density at radius 2 is 2.25 bits per heavy atom. The summed E-state index contributed by atoms with van der Waals surface area (Å²) in [6, 6.07) is 4.51. The molecule has 6 heteroatoms. The fourth-order valence-corrected chi connectivity index (χ4v) is 1.50. The molecule has 2 rings (SSSR count). The van der Waals surface area contributed by atoms with E-state index in [1.807, 2.05) is 0 Å². The zero-order valence-corrected chi connectivity index (χ0v) is 9.18. The molecule has 0 spiro atoms. The maximum absolute atomic E-state index is 12.6. The molecule has 1 N–H and O–H groups in total. The number of alkyl halides is 3. The molecule has 86 valence electrons. The topological polar surface area (TPSA) is 37.9 Å². The number of rotatable bonds is 3. The van der Waals surface area contributed by atoms with Gasteiger partial charge in [-0.05, 0) is 12.1 Å². The molecular formula is C10H9ClF2N2O. The Labute approximate surface area is 95.4 Å². The van der Waals surface area contributed by atoms with Crippen LogP contribution in [0.15, 0.2) is 18.2 Å². The third-order valence-corrected chi connectivity index (χ3v) is 2.18. The number of benzene rings is 1. The standard InChI is InChI=1S/C10H9ClF2N2O/c1-10(12,13)16-6-2-3-7-8(4-6)15-9(5-11)14-7/h2-4H,5H2,1H3,(H,14,15). The number of aromatic amines is 1. The van der Waals surface area contributed by atoms with Crippen LogP contribution in [-0.4, -0.2) is 16.1 Å². The molecule has 3 nitrogen and oxygen atoms in total. The largest absolute Gasteiger partial charge is 0.433 e. The fourth-order valence-electron chi connectivity index (χ4n) is 1.38. The zero-order valence-electron chi connectivity index (χ0n) is 8.43. The molecule has 0 amide bonds. The van der Waals surface area contributed by atoms with Crippen molar-refractivity contribution in [2.75, 3.05) is 0 Å². The lowest BCUT2D eigenvalue weighted by molar-refractivity contribution is -0.158. The van der Waals surface area contributed by atoms with E-state index in [-0.39, 0.29) is 11.6 Å². The van der Waals surface area contributed by atoms with Crippen molar-refractivity contribution in [2.24, 2.45) is 0 Å². The van der Waals surface area contributed by atoms with Crippen molar-refractivity contribution >= 4 is 22.6 Å². The molecule has 0 aliphatic carbocycles. The van der Waals surface area contributed by atoms with E-state index in [9.17, 15) is 8.78 Å². The molecule has 0 atom stereocenters. The lowest BCUT2D eigenvalue weighted by Gasteiger charge is -2.12. The van der Waals surface area contributed by atoms with Gasteiger partial charge in [-0.1, -0.05) is 0 Å². The highest BCUT2D eigenvalue weighted by Crippen LogP contribution is 2.24. The smallest absolute Gasteiger partial charge is 0.394 e. The number of imidazole rings is 1. The van der Waals surface area contributed by atoms with Gasteiger partial charge in [0.25, 0.3) is 0 Å². The first kappa shape index (κ1) is 11.1. The lowest BCUT2D eigenvalue weighted by atomic mass is 10.3. The van der Waals surface area contributed by atoms with Crippen LogP contribution in [0.5, 0.6) is 5.75 Å². The van der Waals surface area contributed by atoms with Crippen LogP contribution in [0.4, 0.5) is 8.78 Å². The lowest BCUT2D eigenvalue weighted by Crippen LogP contribution is -2.18. The predicted molar refractivity (Wildman–Crippen MR) is 56.9 cm³/mol. The first-order valence-corrected chi connectivity index (χ1v) is 5.13. The number of fused-ring (bicyclic) bond motifs is 1. The highest BCUT2D eigenvalue weighted by molar-refractivity contribution is 6.16. The minimum absolute atomic E-state index is 0.0878. The molecule has 0 aliphatic heterocycles. The number of hydrogen-bond acceptors (Lipinski definition) is 2. The van der Waals surface area contributed by atoms with Gasteiger partial charge in [0.2, 0.25) is 0 Å².